The van der Waals surface area contributed by atoms with Gasteiger partial charge >= 0.3 is 5.97 Å². The molecule has 122 valence electrons. The van der Waals surface area contributed by atoms with E-state index in [1.165, 1.54) is 5.06 Å². The first-order chi connectivity index (χ1) is 10.3. The van der Waals surface area contributed by atoms with E-state index in [1.54, 1.807) is 6.92 Å². The predicted molar refractivity (Wildman–Crippen MR) is 83.8 cm³/mol. The Labute approximate surface area is 132 Å². The lowest BCUT2D eigenvalue weighted by Gasteiger charge is -2.26. The maximum absolute atomic E-state index is 11.3. The van der Waals surface area contributed by atoms with Gasteiger partial charge < -0.3 is 4.74 Å². The average molecular weight is 307 g/mol. The second-order valence-corrected chi connectivity index (χ2v) is 6.01. The normalized spacial score (nSPS) is 11.1. The number of hydrogen-bond acceptors (Lipinski definition) is 4. The van der Waals surface area contributed by atoms with Crippen LogP contribution in [0.5, 0.6) is 0 Å². The Kier molecular flexibility index (Phi) is 7.05. The zero-order valence-electron chi connectivity index (χ0n) is 13.8. The zero-order chi connectivity index (χ0) is 16.6. The third-order valence-corrected chi connectivity index (χ3v) is 2.79. The highest BCUT2D eigenvalue weighted by atomic mass is 16.7. The molecule has 22 heavy (non-hydrogen) atoms. The van der Waals surface area contributed by atoms with Gasteiger partial charge in [-0.05, 0) is 45.2 Å². The summed E-state index contributed by atoms with van der Waals surface area (Å²) in [5.41, 5.74) is 1.61. The third-order valence-electron chi connectivity index (χ3n) is 2.79. The highest BCUT2D eigenvalue weighted by Crippen LogP contribution is 2.13. The molecule has 5 heteroatoms. The summed E-state index contributed by atoms with van der Waals surface area (Å²) in [6, 6.07) is 7.77. The number of rotatable bonds is 8. The van der Waals surface area contributed by atoms with Gasteiger partial charge in [-0.15, -0.1) is 0 Å². The third kappa shape index (κ3) is 7.22. The van der Waals surface area contributed by atoms with Crippen molar-refractivity contribution in [1.29, 1.82) is 0 Å². The van der Waals surface area contributed by atoms with Crippen LogP contribution in [0, 0.1) is 0 Å². The number of amides is 1. The lowest BCUT2D eigenvalue weighted by atomic mass is 10.1. The molecule has 5 nitrogen and oxygen atoms in total. The number of aryl methyl sites for hydroxylation is 1. The number of hydrogen-bond donors (Lipinski definition) is 0. The van der Waals surface area contributed by atoms with Crippen LogP contribution in [0.15, 0.2) is 24.3 Å². The Hall–Kier alpha value is -1.88. The van der Waals surface area contributed by atoms with Gasteiger partial charge in [-0.25, -0.2) is 5.06 Å². The quantitative estimate of drug-likeness (QED) is 0.421. The van der Waals surface area contributed by atoms with Crippen LogP contribution in [0.1, 0.15) is 45.2 Å². The fourth-order valence-corrected chi connectivity index (χ4v) is 1.91. The SMILES string of the molecule is CCOC(=O)CCc1ccc(CN(C=O)OC(C)(C)C)cc1. The van der Waals surface area contributed by atoms with Crippen LogP contribution in [-0.4, -0.2) is 29.7 Å². The molecule has 1 aromatic carbocycles. The predicted octanol–water partition coefficient (Wildman–Crippen LogP) is 2.87. The summed E-state index contributed by atoms with van der Waals surface area (Å²) >= 11 is 0. The minimum Gasteiger partial charge on any atom is -0.466 e. The van der Waals surface area contributed by atoms with Gasteiger partial charge in [0.05, 0.1) is 18.8 Å². The Bertz CT molecular complexity index is 476. The Balaban J connectivity index is 2.53. The van der Waals surface area contributed by atoms with E-state index in [9.17, 15) is 9.59 Å². The van der Waals surface area contributed by atoms with Gasteiger partial charge in [0.15, 0.2) is 0 Å². The van der Waals surface area contributed by atoms with Crippen molar-refractivity contribution in [2.75, 3.05) is 6.61 Å². The topological polar surface area (TPSA) is 55.8 Å². The maximum Gasteiger partial charge on any atom is 0.306 e. The fourth-order valence-electron chi connectivity index (χ4n) is 1.91. The molecule has 0 radical (unpaired) electrons. The van der Waals surface area contributed by atoms with E-state index in [2.05, 4.69) is 0 Å². The second kappa shape index (κ2) is 8.54. The standard InChI is InChI=1S/C17H25NO4/c1-5-21-16(20)11-10-14-6-8-15(9-7-14)12-18(13-19)22-17(2,3)4/h6-9,13H,5,10-12H2,1-4H3. The number of carbonyl (C=O) groups is 2. The molecule has 0 aliphatic carbocycles. The highest BCUT2D eigenvalue weighted by Gasteiger charge is 2.16. The Morgan fingerprint density at radius 3 is 2.27 bits per heavy atom. The van der Waals surface area contributed by atoms with Gasteiger partial charge in [-0.1, -0.05) is 24.3 Å². The van der Waals surface area contributed by atoms with E-state index < -0.39 is 5.60 Å². The monoisotopic (exact) mass is 307 g/mol. The minimum atomic E-state index is -0.416. The van der Waals surface area contributed by atoms with E-state index in [0.717, 1.165) is 11.1 Å². The minimum absolute atomic E-state index is 0.183. The van der Waals surface area contributed by atoms with E-state index in [1.807, 2.05) is 45.0 Å². The van der Waals surface area contributed by atoms with Gasteiger partial charge in [0.2, 0.25) is 6.41 Å². The molecule has 1 rings (SSSR count). The largest absolute Gasteiger partial charge is 0.466 e. The van der Waals surface area contributed by atoms with Crippen molar-refractivity contribution in [3.05, 3.63) is 35.4 Å². The first-order valence-corrected chi connectivity index (χ1v) is 7.48. The summed E-state index contributed by atoms with van der Waals surface area (Å²) in [5.74, 6) is -0.183. The van der Waals surface area contributed by atoms with Crippen molar-refractivity contribution in [3.63, 3.8) is 0 Å². The molecular formula is C17H25NO4. The number of carbonyl (C=O) groups excluding carboxylic acids is 2. The van der Waals surface area contributed by atoms with Crippen LogP contribution in [0.3, 0.4) is 0 Å². The first kappa shape index (κ1) is 18.2. The fraction of sp³-hybridized carbons (Fsp3) is 0.529. The van der Waals surface area contributed by atoms with E-state index in [4.69, 9.17) is 9.57 Å². The number of benzene rings is 1. The molecule has 0 heterocycles. The molecule has 0 saturated heterocycles. The summed E-state index contributed by atoms with van der Waals surface area (Å²) in [6.07, 6.45) is 1.70. The Morgan fingerprint density at radius 2 is 1.77 bits per heavy atom. The average Bonchev–Trinajstić information content (AvgIpc) is 2.44. The van der Waals surface area contributed by atoms with E-state index >= 15 is 0 Å². The van der Waals surface area contributed by atoms with Gasteiger partial charge in [0.25, 0.3) is 0 Å². The van der Waals surface area contributed by atoms with Crippen molar-refractivity contribution in [1.82, 2.24) is 5.06 Å². The molecule has 0 saturated carbocycles. The molecule has 0 aromatic heterocycles. The smallest absolute Gasteiger partial charge is 0.306 e. The molecule has 0 fully saturated rings. The van der Waals surface area contributed by atoms with E-state index in [0.29, 0.717) is 32.4 Å². The maximum atomic E-state index is 11.3. The molecule has 0 aliphatic heterocycles. The van der Waals surface area contributed by atoms with Crippen LogP contribution in [0.2, 0.25) is 0 Å². The lowest BCUT2D eigenvalue weighted by Crippen LogP contribution is -2.32. The number of ether oxygens (including phenoxy) is 1. The molecule has 1 amide bonds. The number of hydroxylamine groups is 2. The van der Waals surface area contributed by atoms with E-state index in [-0.39, 0.29) is 5.97 Å². The first-order valence-electron chi connectivity index (χ1n) is 7.48. The molecule has 1 aromatic rings. The summed E-state index contributed by atoms with van der Waals surface area (Å²) in [7, 11) is 0. The van der Waals surface area contributed by atoms with Crippen LogP contribution < -0.4 is 0 Å². The second-order valence-electron chi connectivity index (χ2n) is 6.01. The lowest BCUT2D eigenvalue weighted by molar-refractivity contribution is -0.220. The molecule has 0 bridgehead atoms. The molecule has 0 atom stereocenters. The van der Waals surface area contributed by atoms with Crippen molar-refractivity contribution in [2.45, 2.75) is 52.7 Å². The molecule has 0 aliphatic rings. The Morgan fingerprint density at radius 1 is 1.18 bits per heavy atom. The molecule has 0 unspecified atom stereocenters. The molecule has 0 N–H and O–H groups in total. The van der Waals surface area contributed by atoms with Gasteiger partial charge in [0, 0.05) is 6.42 Å². The molecular weight excluding hydrogens is 282 g/mol. The molecule has 0 spiro atoms. The number of nitrogens with zero attached hydrogens (tertiary/aromatic N) is 1. The van der Waals surface area contributed by atoms with Crippen LogP contribution in [-0.2, 0) is 32.1 Å². The van der Waals surface area contributed by atoms with Gasteiger partial charge in [0.1, 0.15) is 0 Å². The van der Waals surface area contributed by atoms with Crippen molar-refractivity contribution < 1.29 is 19.2 Å². The van der Waals surface area contributed by atoms with Gasteiger partial charge in [-0.3, -0.25) is 14.4 Å². The summed E-state index contributed by atoms with van der Waals surface area (Å²) in [6.45, 7) is 8.27. The van der Waals surface area contributed by atoms with Crippen molar-refractivity contribution in [2.24, 2.45) is 0 Å². The van der Waals surface area contributed by atoms with Crippen LogP contribution in [0.4, 0.5) is 0 Å². The summed E-state index contributed by atoms with van der Waals surface area (Å²) in [4.78, 5) is 27.9. The number of esters is 1. The van der Waals surface area contributed by atoms with Crippen molar-refractivity contribution >= 4 is 12.4 Å². The summed E-state index contributed by atoms with van der Waals surface area (Å²) < 4.78 is 4.90. The van der Waals surface area contributed by atoms with Crippen LogP contribution in [0.25, 0.3) is 0 Å². The zero-order valence-corrected chi connectivity index (χ0v) is 13.8. The van der Waals surface area contributed by atoms with Crippen molar-refractivity contribution in [3.8, 4) is 0 Å². The summed E-state index contributed by atoms with van der Waals surface area (Å²) in [5, 5.41) is 1.29. The van der Waals surface area contributed by atoms with Gasteiger partial charge in [-0.2, -0.15) is 0 Å². The van der Waals surface area contributed by atoms with Crippen LogP contribution >= 0.6 is 0 Å². The highest BCUT2D eigenvalue weighted by molar-refractivity contribution is 5.69.